The highest BCUT2D eigenvalue weighted by Gasteiger charge is 2.12. The van der Waals surface area contributed by atoms with Crippen molar-refractivity contribution in [2.45, 2.75) is 27.7 Å². The standard InChI is InChI=1S/C17H23N/c1-6-15(17(3,4)5)13-12-14(2)18-16-10-8-7-9-11-16/h6-13,18H,1H2,2-5H3/b14-12?,15-13+. The smallest absolute Gasteiger partial charge is 0.0381 e. The van der Waals surface area contributed by atoms with Gasteiger partial charge in [0.05, 0.1) is 0 Å². The summed E-state index contributed by atoms with van der Waals surface area (Å²) in [5, 5.41) is 3.35. The van der Waals surface area contributed by atoms with E-state index >= 15 is 0 Å². The zero-order chi connectivity index (χ0) is 13.6. The third-order valence-corrected chi connectivity index (χ3v) is 2.71. The first-order valence-corrected chi connectivity index (χ1v) is 6.27. The van der Waals surface area contributed by atoms with E-state index in [4.69, 9.17) is 0 Å². The van der Waals surface area contributed by atoms with Gasteiger partial charge in [-0.2, -0.15) is 0 Å². The molecular weight excluding hydrogens is 218 g/mol. The summed E-state index contributed by atoms with van der Waals surface area (Å²) in [6, 6.07) is 10.2. The van der Waals surface area contributed by atoms with E-state index in [2.05, 4.69) is 63.9 Å². The van der Waals surface area contributed by atoms with Gasteiger partial charge in [0, 0.05) is 11.4 Å². The van der Waals surface area contributed by atoms with Gasteiger partial charge >= 0.3 is 0 Å². The van der Waals surface area contributed by atoms with Crippen LogP contribution in [0, 0.1) is 5.41 Å². The molecular formula is C17H23N. The lowest BCUT2D eigenvalue weighted by Gasteiger charge is -2.19. The van der Waals surface area contributed by atoms with Crippen molar-refractivity contribution in [2.24, 2.45) is 5.41 Å². The van der Waals surface area contributed by atoms with Crippen LogP contribution >= 0.6 is 0 Å². The summed E-state index contributed by atoms with van der Waals surface area (Å²) in [5.41, 5.74) is 3.59. The van der Waals surface area contributed by atoms with Gasteiger partial charge in [-0.05, 0) is 36.1 Å². The highest BCUT2D eigenvalue weighted by atomic mass is 14.9. The van der Waals surface area contributed by atoms with Crippen molar-refractivity contribution in [3.8, 4) is 0 Å². The molecule has 0 aliphatic carbocycles. The number of para-hydroxylation sites is 1. The molecule has 0 amide bonds. The number of rotatable bonds is 4. The predicted molar refractivity (Wildman–Crippen MR) is 81.6 cm³/mol. The molecule has 1 rings (SSSR count). The lowest BCUT2D eigenvalue weighted by atomic mass is 9.86. The summed E-state index contributed by atoms with van der Waals surface area (Å²) >= 11 is 0. The van der Waals surface area contributed by atoms with E-state index in [1.807, 2.05) is 24.3 Å². The maximum atomic E-state index is 3.87. The normalized spacial score (nSPS) is 13.3. The Morgan fingerprint density at radius 1 is 1.11 bits per heavy atom. The number of hydrogen-bond acceptors (Lipinski definition) is 1. The second-order valence-corrected chi connectivity index (χ2v) is 5.42. The fourth-order valence-corrected chi connectivity index (χ4v) is 1.63. The quantitative estimate of drug-likeness (QED) is 0.718. The molecule has 0 aliphatic heterocycles. The van der Waals surface area contributed by atoms with E-state index < -0.39 is 0 Å². The molecule has 1 aromatic rings. The number of allylic oxidation sites excluding steroid dienone is 5. The van der Waals surface area contributed by atoms with Crippen LogP contribution in [-0.4, -0.2) is 0 Å². The number of hydrogen-bond donors (Lipinski definition) is 1. The van der Waals surface area contributed by atoms with Gasteiger partial charge in [-0.1, -0.05) is 57.7 Å². The average Bonchev–Trinajstić information content (AvgIpc) is 2.29. The Labute approximate surface area is 111 Å². The van der Waals surface area contributed by atoms with Gasteiger partial charge in [-0.25, -0.2) is 0 Å². The number of nitrogens with one attached hydrogen (secondary N) is 1. The maximum absolute atomic E-state index is 3.87. The summed E-state index contributed by atoms with van der Waals surface area (Å²) in [5.74, 6) is 0. The molecule has 0 spiro atoms. The van der Waals surface area contributed by atoms with Gasteiger partial charge in [0.25, 0.3) is 0 Å². The van der Waals surface area contributed by atoms with Crippen LogP contribution in [-0.2, 0) is 0 Å². The van der Waals surface area contributed by atoms with Gasteiger partial charge in [-0.3, -0.25) is 0 Å². The Balaban J connectivity index is 2.78. The summed E-state index contributed by atoms with van der Waals surface area (Å²) in [6.07, 6.45) is 6.14. The highest BCUT2D eigenvalue weighted by molar-refractivity contribution is 5.48. The molecule has 0 aromatic heterocycles. The average molecular weight is 241 g/mol. The van der Waals surface area contributed by atoms with E-state index in [0.717, 1.165) is 11.4 Å². The second kappa shape index (κ2) is 6.25. The molecule has 0 fully saturated rings. The molecule has 0 aliphatic rings. The second-order valence-electron chi connectivity index (χ2n) is 5.42. The SMILES string of the molecule is C=C/C(=C\C=C(C)Nc1ccccc1)C(C)(C)C. The van der Waals surface area contributed by atoms with Crippen molar-refractivity contribution in [1.82, 2.24) is 0 Å². The molecule has 96 valence electrons. The van der Waals surface area contributed by atoms with Crippen LogP contribution in [0.3, 0.4) is 0 Å². The molecule has 0 atom stereocenters. The van der Waals surface area contributed by atoms with Crippen molar-refractivity contribution >= 4 is 5.69 Å². The third kappa shape index (κ3) is 4.62. The molecule has 0 radical (unpaired) electrons. The van der Waals surface area contributed by atoms with Crippen LogP contribution in [0.4, 0.5) is 5.69 Å². The van der Waals surface area contributed by atoms with Gasteiger partial charge < -0.3 is 5.32 Å². The van der Waals surface area contributed by atoms with Crippen LogP contribution in [0.15, 0.2) is 66.4 Å². The van der Waals surface area contributed by atoms with Crippen molar-refractivity contribution in [3.05, 3.63) is 66.4 Å². The van der Waals surface area contributed by atoms with Gasteiger partial charge in [0.15, 0.2) is 0 Å². The fourth-order valence-electron chi connectivity index (χ4n) is 1.63. The van der Waals surface area contributed by atoms with E-state index in [-0.39, 0.29) is 5.41 Å². The lowest BCUT2D eigenvalue weighted by molar-refractivity contribution is 0.517. The van der Waals surface area contributed by atoms with Crippen LogP contribution in [0.1, 0.15) is 27.7 Å². The molecule has 0 saturated heterocycles. The minimum Gasteiger partial charge on any atom is -0.359 e. The number of benzene rings is 1. The van der Waals surface area contributed by atoms with E-state index in [1.165, 1.54) is 5.57 Å². The van der Waals surface area contributed by atoms with Crippen LogP contribution in [0.25, 0.3) is 0 Å². The summed E-state index contributed by atoms with van der Waals surface area (Å²) in [7, 11) is 0. The molecule has 1 N–H and O–H groups in total. The van der Waals surface area contributed by atoms with Gasteiger partial charge in [-0.15, -0.1) is 0 Å². The van der Waals surface area contributed by atoms with Crippen molar-refractivity contribution in [1.29, 1.82) is 0 Å². The Morgan fingerprint density at radius 2 is 1.72 bits per heavy atom. The minimum absolute atomic E-state index is 0.130. The van der Waals surface area contributed by atoms with Crippen LogP contribution in [0.5, 0.6) is 0 Å². The third-order valence-electron chi connectivity index (χ3n) is 2.71. The summed E-state index contributed by atoms with van der Waals surface area (Å²) in [6.45, 7) is 12.5. The number of anilines is 1. The highest BCUT2D eigenvalue weighted by Crippen LogP contribution is 2.25. The minimum atomic E-state index is 0.130. The fraction of sp³-hybridized carbons (Fsp3) is 0.294. The van der Waals surface area contributed by atoms with Gasteiger partial charge in [0.1, 0.15) is 0 Å². The Hall–Kier alpha value is -1.76. The van der Waals surface area contributed by atoms with Gasteiger partial charge in [0.2, 0.25) is 0 Å². The van der Waals surface area contributed by atoms with Crippen LogP contribution in [0.2, 0.25) is 0 Å². The molecule has 1 aromatic carbocycles. The summed E-state index contributed by atoms with van der Waals surface area (Å²) < 4.78 is 0. The molecule has 1 heteroatoms. The van der Waals surface area contributed by atoms with E-state index in [1.54, 1.807) is 0 Å². The summed E-state index contributed by atoms with van der Waals surface area (Å²) in [4.78, 5) is 0. The molecule has 18 heavy (non-hydrogen) atoms. The largest absolute Gasteiger partial charge is 0.359 e. The Morgan fingerprint density at radius 3 is 2.22 bits per heavy atom. The zero-order valence-electron chi connectivity index (χ0n) is 11.8. The van der Waals surface area contributed by atoms with Crippen molar-refractivity contribution < 1.29 is 0 Å². The van der Waals surface area contributed by atoms with E-state index in [0.29, 0.717) is 0 Å². The Bertz CT molecular complexity index is 444. The van der Waals surface area contributed by atoms with E-state index in [9.17, 15) is 0 Å². The molecule has 0 bridgehead atoms. The zero-order valence-corrected chi connectivity index (χ0v) is 11.8. The van der Waals surface area contributed by atoms with Crippen molar-refractivity contribution in [2.75, 3.05) is 5.32 Å². The molecule has 0 heterocycles. The molecule has 1 nitrogen and oxygen atoms in total. The maximum Gasteiger partial charge on any atom is 0.0381 e. The lowest BCUT2D eigenvalue weighted by Crippen LogP contribution is -2.07. The predicted octanol–water partition coefficient (Wildman–Crippen LogP) is 5.16. The molecule has 0 saturated carbocycles. The molecule has 0 unspecified atom stereocenters. The first-order valence-electron chi connectivity index (χ1n) is 6.27. The van der Waals surface area contributed by atoms with Crippen molar-refractivity contribution in [3.63, 3.8) is 0 Å². The monoisotopic (exact) mass is 241 g/mol. The Kier molecular flexibility index (Phi) is 4.96. The first kappa shape index (κ1) is 14.3. The first-order chi connectivity index (χ1) is 8.43. The van der Waals surface area contributed by atoms with Crippen LogP contribution < -0.4 is 5.32 Å². The topological polar surface area (TPSA) is 12.0 Å².